The van der Waals surface area contributed by atoms with Gasteiger partial charge >= 0.3 is 0 Å². The lowest BCUT2D eigenvalue weighted by atomic mass is 9.79. The van der Waals surface area contributed by atoms with Crippen molar-refractivity contribution in [2.45, 2.75) is 37.8 Å². The molecule has 2 nitrogen and oxygen atoms in total. The van der Waals surface area contributed by atoms with Crippen LogP contribution in [0.1, 0.15) is 37.3 Å². The lowest BCUT2D eigenvalue weighted by molar-refractivity contribution is 0.267. The smallest absolute Gasteiger partial charge is 0.0329 e. The molecule has 106 valence electrons. The van der Waals surface area contributed by atoms with Gasteiger partial charge in [-0.15, -0.1) is 0 Å². The minimum atomic E-state index is 0.166. The van der Waals surface area contributed by atoms with Crippen molar-refractivity contribution < 1.29 is 0 Å². The molecule has 1 unspecified atom stereocenters. The van der Waals surface area contributed by atoms with Gasteiger partial charge in [-0.25, -0.2) is 0 Å². The molecule has 2 aromatic carbocycles. The number of fused-ring (bicyclic) bond motifs is 1. The molecule has 1 aliphatic rings. The molecule has 2 heteroatoms. The average Bonchev–Trinajstić information content (AvgIpc) is 2.54. The Morgan fingerprint density at radius 2 is 1.70 bits per heavy atom. The van der Waals surface area contributed by atoms with E-state index in [1.807, 2.05) is 0 Å². The van der Waals surface area contributed by atoms with Crippen LogP contribution < -0.4 is 11.1 Å². The Balaban J connectivity index is 1.84. The zero-order chi connectivity index (χ0) is 13.9. The fourth-order valence-corrected chi connectivity index (χ4v) is 3.56. The molecule has 1 aliphatic carbocycles. The molecule has 1 fully saturated rings. The number of nitrogens with one attached hydrogen (secondary N) is 1. The lowest BCUT2D eigenvalue weighted by Crippen LogP contribution is -2.33. The van der Waals surface area contributed by atoms with E-state index in [4.69, 9.17) is 5.73 Å². The monoisotopic (exact) mass is 268 g/mol. The molecule has 0 spiro atoms. The topological polar surface area (TPSA) is 38.0 Å². The number of rotatable bonds is 3. The number of benzene rings is 2. The zero-order valence-corrected chi connectivity index (χ0v) is 12.2. The van der Waals surface area contributed by atoms with Crippen molar-refractivity contribution in [3.63, 3.8) is 0 Å². The minimum Gasteiger partial charge on any atom is -0.324 e. The predicted octanol–water partition coefficient (Wildman–Crippen LogP) is 3.62. The van der Waals surface area contributed by atoms with Gasteiger partial charge in [0, 0.05) is 12.1 Å². The Bertz CT molecular complexity index is 565. The van der Waals surface area contributed by atoms with Crippen LogP contribution in [0.2, 0.25) is 0 Å². The minimum absolute atomic E-state index is 0.166. The lowest BCUT2D eigenvalue weighted by Gasteiger charge is -2.32. The maximum absolute atomic E-state index is 6.60. The number of nitrogens with two attached hydrogens (primary N) is 1. The van der Waals surface area contributed by atoms with Gasteiger partial charge in [0.2, 0.25) is 0 Å². The molecule has 3 N–H and O–H groups in total. The van der Waals surface area contributed by atoms with E-state index in [2.05, 4.69) is 54.8 Å². The summed E-state index contributed by atoms with van der Waals surface area (Å²) in [5.41, 5.74) is 7.92. The van der Waals surface area contributed by atoms with Crippen molar-refractivity contribution in [3.8, 4) is 0 Å². The van der Waals surface area contributed by atoms with E-state index < -0.39 is 0 Å². The van der Waals surface area contributed by atoms with E-state index in [0.717, 1.165) is 0 Å². The van der Waals surface area contributed by atoms with Crippen LogP contribution in [-0.4, -0.2) is 13.1 Å². The van der Waals surface area contributed by atoms with Gasteiger partial charge in [0.25, 0.3) is 0 Å². The summed E-state index contributed by atoms with van der Waals surface area (Å²) >= 11 is 0. The molecule has 3 rings (SSSR count). The second-order valence-electron chi connectivity index (χ2n) is 5.99. The summed E-state index contributed by atoms with van der Waals surface area (Å²) in [6, 6.07) is 15.9. The quantitative estimate of drug-likeness (QED) is 0.892. The van der Waals surface area contributed by atoms with Crippen molar-refractivity contribution in [1.82, 2.24) is 5.32 Å². The second kappa shape index (κ2) is 5.94. The zero-order valence-electron chi connectivity index (χ0n) is 12.2. The molecule has 0 aliphatic heterocycles. The first-order valence-electron chi connectivity index (χ1n) is 7.70. The highest BCUT2D eigenvalue weighted by Crippen LogP contribution is 2.35. The van der Waals surface area contributed by atoms with Gasteiger partial charge < -0.3 is 11.1 Å². The van der Waals surface area contributed by atoms with E-state index in [9.17, 15) is 0 Å². The van der Waals surface area contributed by atoms with Crippen molar-refractivity contribution in [2.75, 3.05) is 7.05 Å². The summed E-state index contributed by atoms with van der Waals surface area (Å²) in [5.74, 6) is 0.616. The molecule has 2 aromatic rings. The summed E-state index contributed by atoms with van der Waals surface area (Å²) in [5, 5.41) is 6.01. The van der Waals surface area contributed by atoms with E-state index in [0.29, 0.717) is 12.0 Å². The first kappa shape index (κ1) is 13.6. The average molecular weight is 268 g/mol. The molecular weight excluding hydrogens is 244 g/mol. The summed E-state index contributed by atoms with van der Waals surface area (Å²) in [4.78, 5) is 0. The van der Waals surface area contributed by atoms with Crippen LogP contribution in [0.4, 0.5) is 0 Å². The van der Waals surface area contributed by atoms with Gasteiger partial charge in [-0.1, -0.05) is 42.5 Å². The second-order valence-corrected chi connectivity index (χ2v) is 5.99. The Kier molecular flexibility index (Phi) is 4.04. The first-order valence-corrected chi connectivity index (χ1v) is 7.70. The molecule has 1 saturated carbocycles. The van der Waals surface area contributed by atoms with E-state index >= 15 is 0 Å². The molecule has 1 atom stereocenters. The van der Waals surface area contributed by atoms with Crippen LogP contribution in [-0.2, 0) is 0 Å². The van der Waals surface area contributed by atoms with Crippen LogP contribution in [0.5, 0.6) is 0 Å². The van der Waals surface area contributed by atoms with Crippen LogP contribution >= 0.6 is 0 Å². The highest BCUT2D eigenvalue weighted by molar-refractivity contribution is 5.86. The summed E-state index contributed by atoms with van der Waals surface area (Å²) in [6.07, 6.45) is 4.96. The third-order valence-electron chi connectivity index (χ3n) is 4.87. The normalized spacial score (nSPS) is 24.7. The molecule has 0 heterocycles. The third-order valence-corrected chi connectivity index (χ3v) is 4.87. The fourth-order valence-electron chi connectivity index (χ4n) is 3.56. The van der Waals surface area contributed by atoms with Crippen LogP contribution in [0.25, 0.3) is 10.8 Å². The van der Waals surface area contributed by atoms with E-state index in [1.165, 1.54) is 42.0 Å². The Hall–Kier alpha value is -1.38. The molecule has 0 amide bonds. The number of hydrogen-bond donors (Lipinski definition) is 2. The SMILES string of the molecule is CNC1CCC(C(N)c2cccc3ccccc23)CC1. The van der Waals surface area contributed by atoms with Crippen molar-refractivity contribution in [2.24, 2.45) is 11.7 Å². The van der Waals surface area contributed by atoms with Crippen molar-refractivity contribution >= 4 is 10.8 Å². The van der Waals surface area contributed by atoms with Crippen molar-refractivity contribution in [3.05, 3.63) is 48.0 Å². The van der Waals surface area contributed by atoms with E-state index in [-0.39, 0.29) is 6.04 Å². The molecular formula is C18H24N2. The van der Waals surface area contributed by atoms with E-state index in [1.54, 1.807) is 0 Å². The highest BCUT2D eigenvalue weighted by atomic mass is 14.9. The Morgan fingerprint density at radius 3 is 2.45 bits per heavy atom. The third kappa shape index (κ3) is 2.58. The van der Waals surface area contributed by atoms with Crippen LogP contribution in [0.3, 0.4) is 0 Å². The predicted molar refractivity (Wildman–Crippen MR) is 85.7 cm³/mol. The van der Waals surface area contributed by atoms with Gasteiger partial charge in [-0.2, -0.15) is 0 Å². The molecule has 0 bridgehead atoms. The van der Waals surface area contributed by atoms with Crippen molar-refractivity contribution in [1.29, 1.82) is 0 Å². The Labute approximate surface area is 121 Å². The molecule has 0 aromatic heterocycles. The van der Waals surface area contributed by atoms with Gasteiger partial charge in [-0.05, 0) is 55.0 Å². The number of hydrogen-bond acceptors (Lipinski definition) is 2. The van der Waals surface area contributed by atoms with Gasteiger partial charge in [0.15, 0.2) is 0 Å². The summed E-state index contributed by atoms with van der Waals surface area (Å²) in [6.45, 7) is 0. The van der Waals surface area contributed by atoms with Crippen LogP contribution in [0.15, 0.2) is 42.5 Å². The standard InChI is InChI=1S/C18H24N2/c1-20-15-11-9-14(10-12-15)18(19)17-8-4-6-13-5-2-3-7-16(13)17/h2-8,14-15,18,20H,9-12,19H2,1H3. The Morgan fingerprint density at radius 1 is 1.00 bits per heavy atom. The highest BCUT2D eigenvalue weighted by Gasteiger charge is 2.26. The maximum atomic E-state index is 6.60. The van der Waals surface area contributed by atoms with Gasteiger partial charge in [-0.3, -0.25) is 0 Å². The summed E-state index contributed by atoms with van der Waals surface area (Å²) < 4.78 is 0. The molecule has 20 heavy (non-hydrogen) atoms. The largest absolute Gasteiger partial charge is 0.324 e. The fraction of sp³-hybridized carbons (Fsp3) is 0.444. The molecule has 0 saturated heterocycles. The maximum Gasteiger partial charge on any atom is 0.0329 e. The summed E-state index contributed by atoms with van der Waals surface area (Å²) in [7, 11) is 2.07. The van der Waals surface area contributed by atoms with Gasteiger partial charge in [0.1, 0.15) is 0 Å². The van der Waals surface area contributed by atoms with Gasteiger partial charge in [0.05, 0.1) is 0 Å². The molecule has 0 radical (unpaired) electrons. The first-order chi connectivity index (χ1) is 9.79. The van der Waals surface area contributed by atoms with Crippen LogP contribution in [0, 0.1) is 5.92 Å².